The van der Waals surface area contributed by atoms with Gasteiger partial charge in [-0.05, 0) is 33.6 Å². The van der Waals surface area contributed by atoms with Crippen LogP contribution in [0.1, 0.15) is 39.3 Å². The first kappa shape index (κ1) is 18.3. The Hall–Kier alpha value is -2.05. The summed E-state index contributed by atoms with van der Waals surface area (Å²) in [7, 11) is 0. The molecular formula is C17H29N5O2. The fourth-order valence-corrected chi connectivity index (χ4v) is 3.21. The Balaban J connectivity index is 1.89. The highest BCUT2D eigenvalue weighted by Gasteiger charge is 2.30. The molecule has 1 fully saturated rings. The van der Waals surface area contributed by atoms with Gasteiger partial charge in [0, 0.05) is 38.9 Å². The maximum atomic E-state index is 12.5. The average Bonchev–Trinajstić information content (AvgIpc) is 3.08. The first-order valence-electron chi connectivity index (χ1n) is 8.91. The third kappa shape index (κ3) is 4.27. The Morgan fingerprint density at radius 2 is 2.08 bits per heavy atom. The van der Waals surface area contributed by atoms with Crippen LogP contribution >= 0.6 is 0 Å². The molecule has 1 aromatic rings. The second-order valence-corrected chi connectivity index (χ2v) is 6.13. The smallest absolute Gasteiger partial charge is 0.317 e. The number of carbonyl (C=O) groups is 2. The van der Waals surface area contributed by atoms with Gasteiger partial charge in [-0.2, -0.15) is 0 Å². The molecule has 0 spiro atoms. The van der Waals surface area contributed by atoms with Gasteiger partial charge < -0.3 is 19.7 Å². The zero-order chi connectivity index (χ0) is 17.5. The molecule has 1 saturated heterocycles. The van der Waals surface area contributed by atoms with Crippen molar-refractivity contribution < 1.29 is 9.59 Å². The van der Waals surface area contributed by atoms with Gasteiger partial charge in [0.15, 0.2) is 0 Å². The molecule has 134 valence electrons. The highest BCUT2D eigenvalue weighted by atomic mass is 16.2. The number of hydrogen-bond acceptors (Lipinski definition) is 3. The molecule has 2 rings (SSSR count). The molecule has 0 saturated carbocycles. The van der Waals surface area contributed by atoms with Crippen LogP contribution in [0.2, 0.25) is 0 Å². The summed E-state index contributed by atoms with van der Waals surface area (Å²) in [6, 6.07) is -0.101. The van der Waals surface area contributed by atoms with Crippen LogP contribution < -0.4 is 5.32 Å². The topological polar surface area (TPSA) is 70.5 Å². The first-order valence-corrected chi connectivity index (χ1v) is 8.91. The van der Waals surface area contributed by atoms with E-state index < -0.39 is 0 Å². The van der Waals surface area contributed by atoms with Crippen molar-refractivity contribution in [2.75, 3.05) is 26.2 Å². The third-order valence-corrected chi connectivity index (χ3v) is 4.69. The maximum absolute atomic E-state index is 12.5. The van der Waals surface area contributed by atoms with Gasteiger partial charge in [-0.25, -0.2) is 9.78 Å². The Kier molecular flexibility index (Phi) is 6.63. The molecule has 1 unspecified atom stereocenters. The summed E-state index contributed by atoms with van der Waals surface area (Å²) in [5.74, 6) is 0.0899. The average molecular weight is 335 g/mol. The van der Waals surface area contributed by atoms with Gasteiger partial charge in [0.25, 0.3) is 0 Å². The van der Waals surface area contributed by atoms with Crippen molar-refractivity contribution in [1.29, 1.82) is 0 Å². The highest BCUT2D eigenvalue weighted by molar-refractivity contribution is 5.81. The van der Waals surface area contributed by atoms with Gasteiger partial charge in [-0.15, -0.1) is 0 Å². The molecule has 2 heterocycles. The predicted octanol–water partition coefficient (Wildman–Crippen LogP) is 1.69. The minimum Gasteiger partial charge on any atom is -0.343 e. The van der Waals surface area contributed by atoms with Crippen molar-refractivity contribution in [3.63, 3.8) is 0 Å². The second kappa shape index (κ2) is 8.70. The van der Waals surface area contributed by atoms with Crippen molar-refractivity contribution in [3.8, 4) is 0 Å². The van der Waals surface area contributed by atoms with E-state index in [1.165, 1.54) is 0 Å². The monoisotopic (exact) mass is 335 g/mol. The van der Waals surface area contributed by atoms with E-state index in [2.05, 4.69) is 10.3 Å². The number of hydrogen-bond donors (Lipinski definition) is 1. The number of likely N-dealkylation sites (tertiary alicyclic amines) is 1. The van der Waals surface area contributed by atoms with Crippen LogP contribution in [0.15, 0.2) is 12.5 Å². The molecule has 7 heteroatoms. The van der Waals surface area contributed by atoms with E-state index in [4.69, 9.17) is 0 Å². The lowest BCUT2D eigenvalue weighted by molar-refractivity contribution is -0.136. The fraction of sp³-hybridized carbons (Fsp3) is 0.706. The number of amides is 3. The van der Waals surface area contributed by atoms with Crippen molar-refractivity contribution in [2.45, 2.75) is 46.7 Å². The lowest BCUT2D eigenvalue weighted by Gasteiger charge is -2.34. The summed E-state index contributed by atoms with van der Waals surface area (Å²) in [4.78, 5) is 32.7. The Morgan fingerprint density at radius 1 is 1.33 bits per heavy atom. The molecule has 1 atom stereocenters. The van der Waals surface area contributed by atoms with Crippen LogP contribution in [0.25, 0.3) is 0 Å². The number of rotatable bonds is 6. The van der Waals surface area contributed by atoms with Crippen molar-refractivity contribution in [1.82, 2.24) is 24.7 Å². The molecule has 1 N–H and O–H groups in total. The van der Waals surface area contributed by atoms with E-state index in [1.807, 2.05) is 30.2 Å². The summed E-state index contributed by atoms with van der Waals surface area (Å²) in [6.45, 7) is 9.97. The van der Waals surface area contributed by atoms with E-state index >= 15 is 0 Å². The second-order valence-electron chi connectivity index (χ2n) is 6.13. The zero-order valence-electron chi connectivity index (χ0n) is 15.0. The third-order valence-electron chi connectivity index (χ3n) is 4.69. The number of imidazole rings is 1. The van der Waals surface area contributed by atoms with Gasteiger partial charge in [0.05, 0.1) is 24.5 Å². The number of nitrogens with zero attached hydrogens (tertiary/aromatic N) is 4. The van der Waals surface area contributed by atoms with Gasteiger partial charge in [-0.3, -0.25) is 4.79 Å². The van der Waals surface area contributed by atoms with Crippen LogP contribution in [0, 0.1) is 5.92 Å². The first-order chi connectivity index (χ1) is 11.6. The van der Waals surface area contributed by atoms with Gasteiger partial charge >= 0.3 is 6.03 Å². The molecule has 1 aliphatic heterocycles. The highest BCUT2D eigenvalue weighted by Crippen LogP contribution is 2.19. The Bertz CT molecular complexity index is 553. The zero-order valence-corrected chi connectivity index (χ0v) is 15.0. The molecule has 7 nitrogen and oxygen atoms in total. The number of urea groups is 1. The molecular weight excluding hydrogens is 306 g/mol. The van der Waals surface area contributed by atoms with E-state index in [-0.39, 0.29) is 17.9 Å². The van der Waals surface area contributed by atoms with E-state index in [1.54, 1.807) is 17.4 Å². The number of piperidine rings is 1. The van der Waals surface area contributed by atoms with Crippen LogP contribution in [0.3, 0.4) is 0 Å². The normalized spacial score (nSPS) is 17.6. The minimum atomic E-state index is -0.101. The summed E-state index contributed by atoms with van der Waals surface area (Å²) >= 11 is 0. The van der Waals surface area contributed by atoms with Crippen molar-refractivity contribution in [3.05, 3.63) is 18.2 Å². The van der Waals surface area contributed by atoms with Crippen LogP contribution in [0.4, 0.5) is 4.79 Å². The molecule has 1 aliphatic rings. The van der Waals surface area contributed by atoms with Crippen LogP contribution in [-0.4, -0.2) is 57.5 Å². The molecule has 3 amide bonds. The predicted molar refractivity (Wildman–Crippen MR) is 92.4 cm³/mol. The van der Waals surface area contributed by atoms with Crippen LogP contribution in [0.5, 0.6) is 0 Å². The molecule has 0 aliphatic carbocycles. The van der Waals surface area contributed by atoms with E-state index in [0.29, 0.717) is 19.6 Å². The lowest BCUT2D eigenvalue weighted by atomic mass is 9.96. The van der Waals surface area contributed by atoms with Gasteiger partial charge in [-0.1, -0.05) is 0 Å². The van der Waals surface area contributed by atoms with E-state index in [9.17, 15) is 9.59 Å². The van der Waals surface area contributed by atoms with Gasteiger partial charge in [0.2, 0.25) is 5.91 Å². The Labute approximate surface area is 144 Å². The minimum absolute atomic E-state index is 0.0782. The summed E-state index contributed by atoms with van der Waals surface area (Å²) in [6.07, 6.45) is 5.27. The number of carbonyl (C=O) groups excluding carboxylic acids is 2. The molecule has 1 aromatic heterocycles. The van der Waals surface area contributed by atoms with Crippen molar-refractivity contribution in [2.24, 2.45) is 5.92 Å². The lowest BCUT2D eigenvalue weighted by Crippen LogP contribution is -2.49. The van der Waals surface area contributed by atoms with Crippen molar-refractivity contribution >= 4 is 11.9 Å². The summed E-state index contributed by atoms with van der Waals surface area (Å²) in [5.41, 5.74) is 0.985. The molecule has 0 bridgehead atoms. The number of aryl methyl sites for hydroxylation is 1. The summed E-state index contributed by atoms with van der Waals surface area (Å²) in [5, 5.41) is 2.95. The van der Waals surface area contributed by atoms with Gasteiger partial charge in [0.1, 0.15) is 0 Å². The molecule has 24 heavy (non-hydrogen) atoms. The number of nitrogens with one attached hydrogen (secondary N) is 1. The number of aromatic nitrogens is 2. The molecule has 0 aromatic carbocycles. The maximum Gasteiger partial charge on any atom is 0.317 e. The largest absolute Gasteiger partial charge is 0.343 e. The quantitative estimate of drug-likeness (QED) is 0.860. The Morgan fingerprint density at radius 3 is 2.75 bits per heavy atom. The molecule has 0 radical (unpaired) electrons. The SMILES string of the molecule is CCN(CC)C(=O)C1CCCN(C(=O)NCc2cncn2CC)C1. The van der Waals surface area contributed by atoms with Crippen LogP contribution in [-0.2, 0) is 17.9 Å². The fourth-order valence-electron chi connectivity index (χ4n) is 3.21. The standard InChI is InChI=1S/C17H29N5O2/c1-4-20(5-2)16(23)14-8-7-9-22(12-14)17(24)19-11-15-10-18-13-21(15)6-3/h10,13-14H,4-9,11-12H2,1-3H3,(H,19,24). The summed E-state index contributed by atoms with van der Waals surface area (Å²) < 4.78 is 2.00. The van der Waals surface area contributed by atoms with E-state index in [0.717, 1.165) is 38.2 Å².